The number of carbonyl (C=O) groups is 1. The number of nitrogens with zero attached hydrogens (tertiary/aromatic N) is 2. The summed E-state index contributed by atoms with van der Waals surface area (Å²) in [7, 11) is -1.10. The zero-order valence-electron chi connectivity index (χ0n) is 15.3. The number of sulfonamides is 1. The number of methoxy groups -OCH3 is 1. The molecule has 0 spiro atoms. The molecular weight excluding hydrogens is 423 g/mol. The monoisotopic (exact) mass is 438 g/mol. The van der Waals surface area contributed by atoms with E-state index >= 15 is 0 Å². The van der Waals surface area contributed by atoms with Crippen molar-refractivity contribution in [3.63, 3.8) is 0 Å². The Kier molecular flexibility index (Phi) is 5.87. The predicted molar refractivity (Wildman–Crippen MR) is 104 cm³/mol. The number of ether oxygens (including phenoxy) is 1. The first-order valence-corrected chi connectivity index (χ1v) is 10.0. The van der Waals surface area contributed by atoms with Crippen molar-refractivity contribution in [2.45, 2.75) is 4.90 Å². The molecule has 0 saturated heterocycles. The highest BCUT2D eigenvalue weighted by molar-refractivity contribution is 7.89. The maximum Gasteiger partial charge on any atom is 0.269 e. The summed E-state index contributed by atoms with van der Waals surface area (Å²) in [5, 5.41) is -0.300. The van der Waals surface area contributed by atoms with E-state index in [9.17, 15) is 17.6 Å². The second kappa shape index (κ2) is 8.19. The van der Waals surface area contributed by atoms with Crippen molar-refractivity contribution >= 4 is 27.5 Å². The average molecular weight is 439 g/mol. The van der Waals surface area contributed by atoms with Gasteiger partial charge in [-0.25, -0.2) is 17.8 Å². The number of rotatable bonds is 6. The Bertz CT molecular complexity index is 1180. The van der Waals surface area contributed by atoms with Crippen LogP contribution in [0.1, 0.15) is 10.4 Å². The number of carbonyl (C=O) groups excluding carboxylic acids is 1. The fourth-order valence-corrected chi connectivity index (χ4v) is 3.77. The van der Waals surface area contributed by atoms with Gasteiger partial charge in [-0.15, -0.1) is 4.83 Å². The van der Waals surface area contributed by atoms with E-state index in [4.69, 9.17) is 16.3 Å². The number of halogens is 2. The molecule has 152 valence electrons. The number of para-hydroxylation sites is 1. The van der Waals surface area contributed by atoms with Crippen molar-refractivity contribution in [1.82, 2.24) is 19.8 Å². The normalized spacial score (nSPS) is 11.3. The van der Waals surface area contributed by atoms with Gasteiger partial charge in [0.05, 0.1) is 29.7 Å². The van der Waals surface area contributed by atoms with Gasteiger partial charge in [0.15, 0.2) is 5.82 Å². The van der Waals surface area contributed by atoms with Gasteiger partial charge in [0.1, 0.15) is 10.6 Å². The molecule has 0 radical (unpaired) electrons. The minimum Gasteiger partial charge on any atom is -0.495 e. The number of aromatic nitrogens is 2. The number of benzene rings is 2. The second-order valence-electron chi connectivity index (χ2n) is 5.95. The molecule has 3 aromatic rings. The van der Waals surface area contributed by atoms with Crippen molar-refractivity contribution in [2.24, 2.45) is 7.05 Å². The van der Waals surface area contributed by atoms with Crippen LogP contribution in [0.5, 0.6) is 5.75 Å². The van der Waals surface area contributed by atoms with Crippen LogP contribution in [0.25, 0.3) is 11.3 Å². The van der Waals surface area contributed by atoms with Crippen LogP contribution in [0, 0.1) is 5.82 Å². The average Bonchev–Trinajstić information content (AvgIpc) is 3.14. The molecule has 1 heterocycles. The van der Waals surface area contributed by atoms with Crippen LogP contribution in [0.4, 0.5) is 4.39 Å². The van der Waals surface area contributed by atoms with Crippen LogP contribution in [0.15, 0.2) is 53.8 Å². The Hall–Kier alpha value is -2.95. The number of hydrogen-bond acceptors (Lipinski definition) is 5. The van der Waals surface area contributed by atoms with Crippen LogP contribution in [-0.2, 0) is 17.1 Å². The summed E-state index contributed by atoms with van der Waals surface area (Å²) in [6, 6.07) is 8.40. The molecule has 0 saturated carbocycles. The first-order valence-electron chi connectivity index (χ1n) is 8.15. The molecule has 3 rings (SSSR count). The minimum atomic E-state index is -4.17. The summed E-state index contributed by atoms with van der Waals surface area (Å²) in [6.07, 6.45) is 3.20. The fourth-order valence-electron chi connectivity index (χ4n) is 2.54. The summed E-state index contributed by atoms with van der Waals surface area (Å²) in [6.45, 7) is 0. The largest absolute Gasteiger partial charge is 0.495 e. The van der Waals surface area contributed by atoms with Gasteiger partial charge in [0.25, 0.3) is 15.9 Å². The molecule has 0 unspecified atom stereocenters. The van der Waals surface area contributed by atoms with Crippen LogP contribution < -0.4 is 15.0 Å². The first-order chi connectivity index (χ1) is 13.7. The van der Waals surface area contributed by atoms with Gasteiger partial charge in [-0.1, -0.05) is 23.7 Å². The summed E-state index contributed by atoms with van der Waals surface area (Å²) >= 11 is 5.90. The minimum absolute atomic E-state index is 0.0839. The zero-order valence-corrected chi connectivity index (χ0v) is 16.9. The van der Waals surface area contributed by atoms with Gasteiger partial charge in [0, 0.05) is 18.8 Å². The summed E-state index contributed by atoms with van der Waals surface area (Å²) in [5.41, 5.74) is 2.41. The molecule has 1 aromatic heterocycles. The van der Waals surface area contributed by atoms with E-state index in [1.807, 2.05) is 10.3 Å². The Morgan fingerprint density at radius 2 is 2.00 bits per heavy atom. The smallest absolute Gasteiger partial charge is 0.269 e. The maximum atomic E-state index is 14.4. The van der Waals surface area contributed by atoms with Crippen LogP contribution in [0.2, 0.25) is 5.02 Å². The number of hydrogen-bond donors (Lipinski definition) is 2. The van der Waals surface area contributed by atoms with Gasteiger partial charge in [-0.05, 0) is 24.3 Å². The molecule has 8 nitrogen and oxygen atoms in total. The molecule has 29 heavy (non-hydrogen) atoms. The summed E-state index contributed by atoms with van der Waals surface area (Å²) in [5.74, 6) is -1.93. The lowest BCUT2D eigenvalue weighted by molar-refractivity contribution is 0.0941. The number of imidazole rings is 1. The molecule has 1 amide bonds. The highest BCUT2D eigenvalue weighted by Gasteiger charge is 2.22. The van der Waals surface area contributed by atoms with Crippen molar-refractivity contribution in [2.75, 3.05) is 7.11 Å². The highest BCUT2D eigenvalue weighted by Crippen LogP contribution is 2.27. The van der Waals surface area contributed by atoms with Crippen LogP contribution in [-0.4, -0.2) is 31.0 Å². The molecule has 11 heteroatoms. The van der Waals surface area contributed by atoms with E-state index in [0.29, 0.717) is 11.3 Å². The van der Waals surface area contributed by atoms with Gasteiger partial charge >= 0.3 is 0 Å². The fraction of sp³-hybridized carbons (Fsp3) is 0.111. The van der Waals surface area contributed by atoms with Crippen molar-refractivity contribution in [3.05, 3.63) is 65.3 Å². The lowest BCUT2D eigenvalue weighted by Crippen LogP contribution is -2.42. The van der Waals surface area contributed by atoms with E-state index in [0.717, 1.165) is 0 Å². The number of hydrazine groups is 1. The predicted octanol–water partition coefficient (Wildman–Crippen LogP) is 2.51. The SMILES string of the molecule is COc1ccccc1S(=O)(=O)NNC(=O)c1cc(-c2cn(C)cn2)cc(Cl)c1F. The van der Waals surface area contributed by atoms with Crippen LogP contribution in [0.3, 0.4) is 0 Å². The molecular formula is C18H16ClFN4O4S. The number of aryl methyl sites for hydroxylation is 1. The molecule has 2 aromatic carbocycles. The Morgan fingerprint density at radius 3 is 2.66 bits per heavy atom. The molecule has 0 aliphatic heterocycles. The van der Waals surface area contributed by atoms with E-state index in [2.05, 4.69) is 4.98 Å². The topological polar surface area (TPSA) is 102 Å². The summed E-state index contributed by atoms with van der Waals surface area (Å²) < 4.78 is 46.0. The number of nitrogens with one attached hydrogen (secondary N) is 2. The highest BCUT2D eigenvalue weighted by atomic mass is 35.5. The molecule has 0 atom stereocenters. The van der Waals surface area contributed by atoms with E-state index in [-0.39, 0.29) is 15.7 Å². The molecule has 2 N–H and O–H groups in total. The van der Waals surface area contributed by atoms with Gasteiger partial charge in [0.2, 0.25) is 0 Å². The quantitative estimate of drug-likeness (QED) is 0.576. The summed E-state index contributed by atoms with van der Waals surface area (Å²) in [4.78, 5) is 18.3. The molecule has 0 bridgehead atoms. The third-order valence-corrected chi connectivity index (χ3v) is 5.49. The number of amides is 1. The lowest BCUT2D eigenvalue weighted by Gasteiger charge is -2.12. The maximum absolute atomic E-state index is 14.4. The second-order valence-corrected chi connectivity index (χ2v) is 8.01. The third-order valence-electron chi connectivity index (χ3n) is 3.93. The third kappa shape index (κ3) is 4.39. The van der Waals surface area contributed by atoms with E-state index < -0.39 is 27.3 Å². The standard InChI is InChI=1S/C18H16ClFN4O4S/c1-24-9-14(21-10-24)11-7-12(17(20)13(19)8-11)18(25)22-23-29(26,27)16-6-4-3-5-15(16)28-2/h3-10,23H,1-2H3,(H,22,25). The lowest BCUT2D eigenvalue weighted by atomic mass is 10.1. The Morgan fingerprint density at radius 1 is 1.28 bits per heavy atom. The van der Waals surface area contributed by atoms with Gasteiger partial charge < -0.3 is 9.30 Å². The molecule has 0 fully saturated rings. The van der Waals surface area contributed by atoms with E-state index in [1.54, 1.807) is 23.9 Å². The first kappa shape index (κ1) is 20.8. The van der Waals surface area contributed by atoms with Gasteiger partial charge in [-0.3, -0.25) is 10.2 Å². The molecule has 0 aliphatic carbocycles. The van der Waals surface area contributed by atoms with Gasteiger partial charge in [-0.2, -0.15) is 0 Å². The van der Waals surface area contributed by atoms with E-state index in [1.165, 1.54) is 43.8 Å². The molecule has 0 aliphatic rings. The van der Waals surface area contributed by atoms with Crippen molar-refractivity contribution < 1.29 is 22.3 Å². The Labute approximate surface area is 171 Å². The van der Waals surface area contributed by atoms with Crippen molar-refractivity contribution in [3.8, 4) is 17.0 Å². The van der Waals surface area contributed by atoms with Crippen molar-refractivity contribution in [1.29, 1.82) is 0 Å². The Balaban J connectivity index is 1.86. The zero-order chi connectivity index (χ0) is 21.2. The van der Waals surface area contributed by atoms with Crippen LogP contribution >= 0.6 is 11.6 Å².